The number of hydrogen-bond acceptors (Lipinski definition) is 3. The first-order valence-electron chi connectivity index (χ1n) is 8.70. The summed E-state index contributed by atoms with van der Waals surface area (Å²) in [6.45, 7) is 10.9. The van der Waals surface area contributed by atoms with E-state index in [4.69, 9.17) is 14.2 Å². The van der Waals surface area contributed by atoms with Crippen molar-refractivity contribution in [1.29, 1.82) is 0 Å². The van der Waals surface area contributed by atoms with Gasteiger partial charge in [-0.3, -0.25) is 0 Å². The molecule has 0 saturated heterocycles. The maximum atomic E-state index is 5.50. The molecular formula is C24H19O3S+. The number of benzene rings is 3. The first-order valence-corrected chi connectivity index (χ1v) is 9.93. The fourth-order valence-corrected chi connectivity index (χ4v) is 5.60. The normalized spacial score (nSPS) is 10.6. The SMILES string of the molecule is C=COc1ccc(-[s+]2c3ccc(OC=C)cc3c3cc(OC=C)ccc32)cc1. The van der Waals surface area contributed by atoms with E-state index >= 15 is 0 Å². The first kappa shape index (κ1) is 17.9. The van der Waals surface area contributed by atoms with E-state index in [1.54, 1.807) is 0 Å². The van der Waals surface area contributed by atoms with Gasteiger partial charge in [0, 0.05) is 34.7 Å². The molecule has 0 aliphatic rings. The molecule has 0 spiro atoms. The zero-order valence-corrected chi connectivity index (χ0v) is 16.1. The van der Waals surface area contributed by atoms with E-state index < -0.39 is 0 Å². The number of fused-ring (bicyclic) bond motifs is 3. The lowest BCUT2D eigenvalue weighted by Gasteiger charge is -2.00. The fourth-order valence-electron chi connectivity index (χ4n) is 3.26. The molecule has 138 valence electrons. The molecule has 28 heavy (non-hydrogen) atoms. The Bertz CT molecular complexity index is 1120. The summed E-state index contributed by atoms with van der Waals surface area (Å²) in [5.74, 6) is 2.29. The van der Waals surface area contributed by atoms with E-state index in [9.17, 15) is 0 Å². The van der Waals surface area contributed by atoms with Crippen LogP contribution in [0.25, 0.3) is 25.1 Å². The quantitative estimate of drug-likeness (QED) is 0.246. The molecule has 0 aliphatic heterocycles. The van der Waals surface area contributed by atoms with Gasteiger partial charge in [0.05, 0.1) is 29.6 Å². The van der Waals surface area contributed by atoms with Gasteiger partial charge in [0.15, 0.2) is 14.3 Å². The van der Waals surface area contributed by atoms with Crippen molar-refractivity contribution < 1.29 is 14.2 Å². The highest BCUT2D eigenvalue weighted by Crippen LogP contribution is 2.50. The Morgan fingerprint density at radius 1 is 0.571 bits per heavy atom. The highest BCUT2D eigenvalue weighted by molar-refractivity contribution is 7.50. The van der Waals surface area contributed by atoms with Crippen LogP contribution >= 0.6 is 10.5 Å². The predicted molar refractivity (Wildman–Crippen MR) is 118 cm³/mol. The van der Waals surface area contributed by atoms with Gasteiger partial charge in [-0.15, -0.1) is 0 Å². The van der Waals surface area contributed by atoms with Gasteiger partial charge in [-0.05, 0) is 36.4 Å². The van der Waals surface area contributed by atoms with Crippen LogP contribution in [-0.4, -0.2) is 0 Å². The lowest BCUT2D eigenvalue weighted by atomic mass is 10.1. The summed E-state index contributed by atoms with van der Waals surface area (Å²) in [5, 5.41) is 2.28. The van der Waals surface area contributed by atoms with Crippen molar-refractivity contribution in [3.8, 4) is 22.1 Å². The summed E-state index contributed by atoms with van der Waals surface area (Å²) in [5.41, 5.74) is 0. The van der Waals surface area contributed by atoms with Crippen LogP contribution in [0.2, 0.25) is 0 Å². The summed E-state index contributed by atoms with van der Waals surface area (Å²) < 4.78 is 18.9. The van der Waals surface area contributed by atoms with Crippen molar-refractivity contribution in [2.45, 2.75) is 0 Å². The molecule has 3 nitrogen and oxygen atoms in total. The van der Waals surface area contributed by atoms with Crippen LogP contribution in [0.4, 0.5) is 0 Å². The van der Waals surface area contributed by atoms with Crippen molar-refractivity contribution >= 4 is 30.6 Å². The highest BCUT2D eigenvalue weighted by Gasteiger charge is 2.24. The molecule has 0 N–H and O–H groups in total. The van der Waals surface area contributed by atoms with Gasteiger partial charge >= 0.3 is 0 Å². The van der Waals surface area contributed by atoms with Crippen LogP contribution in [0.1, 0.15) is 0 Å². The molecule has 1 aromatic heterocycles. The van der Waals surface area contributed by atoms with Crippen molar-refractivity contribution in [3.63, 3.8) is 0 Å². The Kier molecular flexibility index (Phi) is 4.87. The van der Waals surface area contributed by atoms with Crippen LogP contribution in [0.3, 0.4) is 0 Å². The van der Waals surface area contributed by atoms with E-state index in [0.29, 0.717) is 0 Å². The lowest BCUT2D eigenvalue weighted by molar-refractivity contribution is 0.483. The van der Waals surface area contributed by atoms with Gasteiger partial charge in [0.1, 0.15) is 17.2 Å². The molecule has 4 heteroatoms. The zero-order valence-electron chi connectivity index (χ0n) is 15.3. The van der Waals surface area contributed by atoms with Gasteiger partial charge in [-0.1, -0.05) is 19.7 Å². The molecule has 4 aromatic rings. The number of rotatable bonds is 7. The molecule has 0 bridgehead atoms. The summed E-state index contributed by atoms with van der Waals surface area (Å²) >= 11 is 0. The summed E-state index contributed by atoms with van der Waals surface area (Å²) in [7, 11) is -0.221. The summed E-state index contributed by atoms with van der Waals surface area (Å²) in [6.07, 6.45) is 4.31. The van der Waals surface area contributed by atoms with Gasteiger partial charge < -0.3 is 14.2 Å². The van der Waals surface area contributed by atoms with E-state index in [0.717, 1.165) is 28.0 Å². The average molecular weight is 387 g/mol. The maximum absolute atomic E-state index is 5.50. The van der Waals surface area contributed by atoms with E-state index in [-0.39, 0.29) is 10.5 Å². The molecule has 1 heterocycles. The molecule has 0 saturated carbocycles. The Morgan fingerprint density at radius 2 is 1.00 bits per heavy atom. The molecule has 0 unspecified atom stereocenters. The fraction of sp³-hybridized carbons (Fsp3) is 0. The molecule has 0 aliphatic carbocycles. The van der Waals surface area contributed by atoms with Crippen molar-refractivity contribution in [2.24, 2.45) is 0 Å². The van der Waals surface area contributed by atoms with Crippen LogP contribution in [0.5, 0.6) is 17.2 Å². The smallest absolute Gasteiger partial charge is 0.188 e. The second kappa shape index (κ2) is 7.62. The second-order valence-electron chi connectivity index (χ2n) is 5.95. The van der Waals surface area contributed by atoms with Crippen LogP contribution in [0.15, 0.2) is 99.2 Å². The third-order valence-corrected chi connectivity index (χ3v) is 6.68. The highest BCUT2D eigenvalue weighted by atomic mass is 32.2. The van der Waals surface area contributed by atoms with Gasteiger partial charge in [-0.25, -0.2) is 0 Å². The maximum Gasteiger partial charge on any atom is 0.188 e. The van der Waals surface area contributed by atoms with Gasteiger partial charge in [0.25, 0.3) is 0 Å². The van der Waals surface area contributed by atoms with E-state index in [2.05, 4.69) is 56.1 Å². The minimum atomic E-state index is -0.221. The van der Waals surface area contributed by atoms with Crippen molar-refractivity contribution in [2.75, 3.05) is 0 Å². The Morgan fingerprint density at radius 3 is 1.46 bits per heavy atom. The molecule has 0 radical (unpaired) electrons. The lowest BCUT2D eigenvalue weighted by Crippen LogP contribution is -1.80. The Balaban J connectivity index is 1.98. The minimum Gasteiger partial charge on any atom is -0.466 e. The molecule has 4 rings (SSSR count). The zero-order chi connectivity index (χ0) is 19.5. The van der Waals surface area contributed by atoms with Crippen molar-refractivity contribution in [1.82, 2.24) is 0 Å². The van der Waals surface area contributed by atoms with E-state index in [1.807, 2.05) is 24.3 Å². The largest absolute Gasteiger partial charge is 0.466 e. The Hall–Kier alpha value is -3.50. The number of thiophene rings is 1. The average Bonchev–Trinajstić information content (AvgIpc) is 3.03. The van der Waals surface area contributed by atoms with E-state index in [1.165, 1.54) is 33.1 Å². The van der Waals surface area contributed by atoms with Crippen LogP contribution in [0, 0.1) is 0 Å². The third kappa shape index (κ3) is 3.15. The predicted octanol–water partition coefficient (Wildman–Crippen LogP) is 7.30. The summed E-state index contributed by atoms with van der Waals surface area (Å²) in [6, 6.07) is 20.4. The standard InChI is InChI=1S/C24H19O3S/c1-4-25-17-7-11-20(12-8-17)28-23-13-9-18(26-5-2)15-21(23)22-16-19(27-6-3)10-14-24(22)28/h4-16H,1-3H2/q+1. The molecular weight excluding hydrogens is 368 g/mol. The van der Waals surface area contributed by atoms with Gasteiger partial charge in [-0.2, -0.15) is 0 Å². The molecule has 0 amide bonds. The monoisotopic (exact) mass is 387 g/mol. The minimum absolute atomic E-state index is 0.221. The first-order chi connectivity index (χ1) is 13.7. The van der Waals surface area contributed by atoms with Crippen LogP contribution < -0.4 is 14.2 Å². The van der Waals surface area contributed by atoms with Gasteiger partial charge in [0.2, 0.25) is 0 Å². The number of hydrogen-bond donors (Lipinski definition) is 0. The summed E-state index contributed by atoms with van der Waals surface area (Å²) in [4.78, 5) is 1.21. The molecule has 3 aromatic carbocycles. The molecule has 0 fully saturated rings. The third-order valence-electron chi connectivity index (χ3n) is 4.35. The van der Waals surface area contributed by atoms with Crippen LogP contribution in [-0.2, 0) is 0 Å². The topological polar surface area (TPSA) is 27.7 Å². The molecule has 0 atom stereocenters. The Labute approximate surface area is 166 Å². The second-order valence-corrected chi connectivity index (χ2v) is 7.91. The van der Waals surface area contributed by atoms with Crippen molar-refractivity contribution in [3.05, 3.63) is 99.2 Å². The number of ether oxygens (including phenoxy) is 3.